The van der Waals surface area contributed by atoms with E-state index in [0.717, 1.165) is 5.01 Å². The van der Waals surface area contributed by atoms with Crippen LogP contribution < -0.4 is 4.80 Å². The summed E-state index contributed by atoms with van der Waals surface area (Å²) in [5, 5.41) is 10.8. The summed E-state index contributed by atoms with van der Waals surface area (Å²) in [7, 11) is 0. The molecule has 6 heteroatoms. The molecule has 5 nitrogen and oxygen atoms in total. The van der Waals surface area contributed by atoms with E-state index in [2.05, 4.69) is 15.5 Å². The number of rotatable bonds is 2. The molecule has 0 aliphatic heterocycles. The lowest BCUT2D eigenvalue weighted by Gasteiger charge is -1.89. The van der Waals surface area contributed by atoms with Crippen molar-refractivity contribution in [2.24, 2.45) is 10.4 Å². The third kappa shape index (κ3) is 1.70. The molecular formula is C5H8N4OS. The number of nitroso groups, excluding NO2 is 1. The highest BCUT2D eigenvalue weighted by Crippen LogP contribution is 1.94. The first-order valence-electron chi connectivity index (χ1n) is 3.18. The van der Waals surface area contributed by atoms with E-state index in [1.165, 1.54) is 11.3 Å². The van der Waals surface area contributed by atoms with Gasteiger partial charge in [0.15, 0.2) is 0 Å². The van der Waals surface area contributed by atoms with Gasteiger partial charge in [0, 0.05) is 6.54 Å². The van der Waals surface area contributed by atoms with Crippen LogP contribution in [0, 0.1) is 11.8 Å². The van der Waals surface area contributed by atoms with E-state index in [4.69, 9.17) is 0 Å². The summed E-state index contributed by atoms with van der Waals surface area (Å²) in [6.45, 7) is 4.50. The molecule has 1 aromatic heterocycles. The average molecular weight is 172 g/mol. The largest absolute Gasteiger partial charge is 0.237 e. The van der Waals surface area contributed by atoms with E-state index in [1.54, 1.807) is 4.68 Å². The SMILES string of the molecule is CCn1nc(C)s/c1=N\N=O. The number of aromatic nitrogens is 2. The Morgan fingerprint density at radius 3 is 3.00 bits per heavy atom. The van der Waals surface area contributed by atoms with Gasteiger partial charge in [-0.25, -0.2) is 4.68 Å². The molecule has 1 rings (SSSR count). The first-order chi connectivity index (χ1) is 5.27. The lowest BCUT2D eigenvalue weighted by molar-refractivity contribution is 0.620. The van der Waals surface area contributed by atoms with Gasteiger partial charge in [0.1, 0.15) is 5.01 Å². The predicted molar refractivity (Wildman–Crippen MR) is 41.9 cm³/mol. The van der Waals surface area contributed by atoms with Crippen molar-refractivity contribution < 1.29 is 0 Å². The maximum Gasteiger partial charge on any atom is 0.232 e. The zero-order valence-corrected chi connectivity index (χ0v) is 7.13. The molecule has 60 valence electrons. The van der Waals surface area contributed by atoms with Crippen LogP contribution in [0.15, 0.2) is 10.4 Å². The van der Waals surface area contributed by atoms with E-state index in [1.807, 2.05) is 13.8 Å². The highest BCUT2D eigenvalue weighted by atomic mass is 32.1. The summed E-state index contributed by atoms with van der Waals surface area (Å²) in [6.07, 6.45) is 0. The zero-order valence-electron chi connectivity index (χ0n) is 6.31. The summed E-state index contributed by atoms with van der Waals surface area (Å²) in [6, 6.07) is 0. The molecule has 0 aliphatic rings. The maximum absolute atomic E-state index is 9.80. The Morgan fingerprint density at radius 2 is 2.45 bits per heavy atom. The molecule has 0 amide bonds. The Hall–Kier alpha value is -1.04. The predicted octanol–water partition coefficient (Wildman–Crippen LogP) is 0.855. The standard InChI is InChI=1S/C5H8N4OS/c1-3-9-5(6-8-10)11-4(2)7-9/h3H2,1-2H3/b6-5-. The zero-order chi connectivity index (χ0) is 8.27. The van der Waals surface area contributed by atoms with Crippen LogP contribution in [0.25, 0.3) is 0 Å². The van der Waals surface area contributed by atoms with E-state index in [-0.39, 0.29) is 0 Å². The topological polar surface area (TPSA) is 59.6 Å². The first kappa shape index (κ1) is 8.06. The highest BCUT2D eigenvalue weighted by Gasteiger charge is 1.97. The highest BCUT2D eigenvalue weighted by molar-refractivity contribution is 7.08. The summed E-state index contributed by atoms with van der Waals surface area (Å²) in [5.74, 6) is 0. The number of aryl methyl sites for hydroxylation is 2. The summed E-state index contributed by atoms with van der Waals surface area (Å²) in [4.78, 5) is 10.4. The van der Waals surface area contributed by atoms with Crippen molar-refractivity contribution in [3.8, 4) is 0 Å². The Labute approximate surface area is 67.3 Å². The van der Waals surface area contributed by atoms with Crippen LogP contribution in [-0.2, 0) is 6.54 Å². The van der Waals surface area contributed by atoms with E-state index in [9.17, 15) is 4.91 Å². The molecule has 0 aromatic carbocycles. The van der Waals surface area contributed by atoms with Crippen LogP contribution in [0.2, 0.25) is 0 Å². The molecule has 0 radical (unpaired) electrons. The van der Waals surface area contributed by atoms with Crippen molar-refractivity contribution in [2.45, 2.75) is 20.4 Å². The minimum Gasteiger partial charge on any atom is -0.237 e. The fourth-order valence-electron chi connectivity index (χ4n) is 0.731. The maximum atomic E-state index is 9.80. The van der Waals surface area contributed by atoms with Crippen molar-refractivity contribution in [1.82, 2.24) is 9.78 Å². The number of nitrogens with zero attached hydrogens (tertiary/aromatic N) is 4. The second-order valence-electron chi connectivity index (χ2n) is 1.90. The van der Waals surface area contributed by atoms with Crippen LogP contribution in [0.4, 0.5) is 0 Å². The molecule has 0 bridgehead atoms. The van der Waals surface area contributed by atoms with Crippen LogP contribution in [0.1, 0.15) is 11.9 Å². The van der Waals surface area contributed by atoms with Gasteiger partial charge in [-0.1, -0.05) is 16.4 Å². The number of hydrogen-bond acceptors (Lipinski definition) is 4. The Kier molecular flexibility index (Phi) is 2.48. The van der Waals surface area contributed by atoms with Gasteiger partial charge in [-0.05, 0) is 13.8 Å². The van der Waals surface area contributed by atoms with Gasteiger partial charge >= 0.3 is 0 Å². The lowest BCUT2D eigenvalue weighted by Crippen LogP contribution is -2.14. The molecule has 0 unspecified atom stereocenters. The fraction of sp³-hybridized carbons (Fsp3) is 0.600. The molecule has 1 aromatic rings. The smallest absolute Gasteiger partial charge is 0.232 e. The molecule has 0 atom stereocenters. The number of hydrogen-bond donors (Lipinski definition) is 0. The molecule has 0 aliphatic carbocycles. The Bertz CT molecular complexity index is 313. The van der Waals surface area contributed by atoms with Crippen molar-refractivity contribution in [3.63, 3.8) is 0 Å². The minimum absolute atomic E-state index is 0.556. The van der Waals surface area contributed by atoms with Gasteiger partial charge < -0.3 is 0 Å². The second-order valence-corrected chi connectivity index (χ2v) is 3.06. The molecule has 0 saturated heterocycles. The van der Waals surface area contributed by atoms with Crippen molar-refractivity contribution >= 4 is 11.3 Å². The van der Waals surface area contributed by atoms with Crippen LogP contribution >= 0.6 is 11.3 Å². The Balaban J connectivity index is 3.22. The minimum atomic E-state index is 0.556. The third-order valence-electron chi connectivity index (χ3n) is 1.15. The van der Waals surface area contributed by atoms with E-state index in [0.29, 0.717) is 11.3 Å². The van der Waals surface area contributed by atoms with Gasteiger partial charge in [-0.3, -0.25) is 0 Å². The van der Waals surface area contributed by atoms with Gasteiger partial charge in [-0.2, -0.15) is 5.10 Å². The molecule has 0 spiro atoms. The molecule has 0 fully saturated rings. The van der Waals surface area contributed by atoms with Gasteiger partial charge in [-0.15, -0.1) is 4.91 Å². The van der Waals surface area contributed by atoms with Crippen LogP contribution in [-0.4, -0.2) is 9.78 Å². The fourth-order valence-corrected chi connectivity index (χ4v) is 1.48. The Morgan fingerprint density at radius 1 is 1.73 bits per heavy atom. The second kappa shape index (κ2) is 3.38. The van der Waals surface area contributed by atoms with E-state index < -0.39 is 0 Å². The van der Waals surface area contributed by atoms with Crippen molar-refractivity contribution in [1.29, 1.82) is 0 Å². The lowest BCUT2D eigenvalue weighted by atomic mass is 10.8. The third-order valence-corrected chi connectivity index (χ3v) is 2.00. The monoisotopic (exact) mass is 172 g/mol. The summed E-state index contributed by atoms with van der Waals surface area (Å²) in [5.41, 5.74) is 0. The molecule has 1 heterocycles. The van der Waals surface area contributed by atoms with Crippen LogP contribution in [0.3, 0.4) is 0 Å². The summed E-state index contributed by atoms with van der Waals surface area (Å²) < 4.78 is 1.64. The molecule has 0 N–H and O–H groups in total. The van der Waals surface area contributed by atoms with Crippen molar-refractivity contribution in [2.75, 3.05) is 0 Å². The quantitative estimate of drug-likeness (QED) is 0.490. The average Bonchev–Trinajstić information content (AvgIpc) is 2.32. The first-order valence-corrected chi connectivity index (χ1v) is 4.00. The normalized spacial score (nSPS) is 12.0. The summed E-state index contributed by atoms with van der Waals surface area (Å²) >= 11 is 1.35. The van der Waals surface area contributed by atoms with Gasteiger partial charge in [0.05, 0.1) is 5.29 Å². The molecular weight excluding hydrogens is 164 g/mol. The van der Waals surface area contributed by atoms with Gasteiger partial charge in [0.2, 0.25) is 4.80 Å². The molecule has 11 heavy (non-hydrogen) atoms. The van der Waals surface area contributed by atoms with Crippen LogP contribution in [0.5, 0.6) is 0 Å². The van der Waals surface area contributed by atoms with Gasteiger partial charge in [0.25, 0.3) is 0 Å². The van der Waals surface area contributed by atoms with E-state index >= 15 is 0 Å². The van der Waals surface area contributed by atoms with Crippen molar-refractivity contribution in [3.05, 3.63) is 14.7 Å². The molecule has 0 saturated carbocycles.